The lowest BCUT2D eigenvalue weighted by Crippen LogP contribution is -2.46. The van der Waals surface area contributed by atoms with Gasteiger partial charge in [-0.3, -0.25) is 4.90 Å². The van der Waals surface area contributed by atoms with Crippen LogP contribution in [0.3, 0.4) is 0 Å². The third kappa shape index (κ3) is 3.83. The molecule has 0 aliphatic carbocycles. The average molecular weight is 277 g/mol. The van der Waals surface area contributed by atoms with Crippen LogP contribution in [0.5, 0.6) is 0 Å². The van der Waals surface area contributed by atoms with Crippen LogP contribution in [0, 0.1) is 0 Å². The Labute approximate surface area is 113 Å². The van der Waals surface area contributed by atoms with Crippen molar-refractivity contribution in [3.8, 4) is 0 Å². The highest BCUT2D eigenvalue weighted by Gasteiger charge is 2.21. The number of piperazine rings is 1. The Hall–Kier alpha value is -0.320. The lowest BCUT2D eigenvalue weighted by molar-refractivity contribution is 0.111. The summed E-state index contributed by atoms with van der Waals surface area (Å²) >= 11 is 5.97. The molecule has 1 heterocycles. The summed E-state index contributed by atoms with van der Waals surface area (Å²) in [5, 5.41) is 13.6. The fourth-order valence-electron chi connectivity index (χ4n) is 2.14. The minimum absolute atomic E-state index is 0. The molecule has 1 aliphatic heterocycles. The molecule has 0 aromatic heterocycles. The van der Waals surface area contributed by atoms with Crippen molar-refractivity contribution in [1.82, 2.24) is 10.2 Å². The third-order valence-corrected chi connectivity index (χ3v) is 3.23. The summed E-state index contributed by atoms with van der Waals surface area (Å²) in [5.41, 5.74) is 1.09. The molecule has 1 saturated heterocycles. The molecule has 0 spiro atoms. The van der Waals surface area contributed by atoms with Gasteiger partial charge < -0.3 is 10.4 Å². The van der Waals surface area contributed by atoms with E-state index in [4.69, 9.17) is 11.6 Å². The normalized spacial score (nSPS) is 18.5. The lowest BCUT2D eigenvalue weighted by Gasteiger charge is -2.34. The number of halogens is 2. The zero-order chi connectivity index (χ0) is 11.4. The minimum Gasteiger partial charge on any atom is -0.394 e. The molecule has 17 heavy (non-hydrogen) atoms. The molecule has 1 aromatic carbocycles. The highest BCUT2D eigenvalue weighted by atomic mass is 35.5. The summed E-state index contributed by atoms with van der Waals surface area (Å²) in [6.45, 7) is 4.05. The summed E-state index contributed by atoms with van der Waals surface area (Å²) in [6.07, 6.45) is 0. The highest BCUT2D eigenvalue weighted by molar-refractivity contribution is 6.30. The molecular weight excluding hydrogens is 259 g/mol. The minimum atomic E-state index is 0. The standard InChI is InChI=1S/C12H17ClN2O.ClH/c13-11-3-1-2-10(8-11)12(9-16)15-6-4-14-5-7-15;/h1-3,8,12,14,16H,4-7,9H2;1H/t12-;/m1./s1. The van der Waals surface area contributed by atoms with Crippen molar-refractivity contribution in [2.45, 2.75) is 6.04 Å². The first kappa shape index (κ1) is 14.7. The van der Waals surface area contributed by atoms with Crippen LogP contribution in [-0.2, 0) is 0 Å². The molecule has 1 aromatic rings. The smallest absolute Gasteiger partial charge is 0.0628 e. The zero-order valence-electron chi connectivity index (χ0n) is 9.60. The molecule has 0 radical (unpaired) electrons. The molecule has 1 fully saturated rings. The van der Waals surface area contributed by atoms with Gasteiger partial charge in [-0.2, -0.15) is 0 Å². The molecule has 2 rings (SSSR count). The highest BCUT2D eigenvalue weighted by Crippen LogP contribution is 2.23. The molecule has 5 heteroatoms. The molecule has 0 unspecified atom stereocenters. The van der Waals surface area contributed by atoms with Crippen molar-refractivity contribution in [1.29, 1.82) is 0 Å². The topological polar surface area (TPSA) is 35.5 Å². The van der Waals surface area contributed by atoms with Crippen LogP contribution in [0.2, 0.25) is 5.02 Å². The van der Waals surface area contributed by atoms with Crippen molar-refractivity contribution in [2.24, 2.45) is 0 Å². The van der Waals surface area contributed by atoms with E-state index < -0.39 is 0 Å². The molecule has 0 amide bonds. The zero-order valence-corrected chi connectivity index (χ0v) is 11.2. The number of aliphatic hydroxyl groups is 1. The summed E-state index contributed by atoms with van der Waals surface area (Å²) < 4.78 is 0. The van der Waals surface area contributed by atoms with Gasteiger partial charge in [-0.1, -0.05) is 23.7 Å². The van der Waals surface area contributed by atoms with Gasteiger partial charge in [0.1, 0.15) is 0 Å². The molecule has 3 nitrogen and oxygen atoms in total. The summed E-state index contributed by atoms with van der Waals surface area (Å²) in [5.74, 6) is 0. The quantitative estimate of drug-likeness (QED) is 0.882. The van der Waals surface area contributed by atoms with Crippen LogP contribution in [0.15, 0.2) is 24.3 Å². The average Bonchev–Trinajstić information content (AvgIpc) is 2.31. The van der Waals surface area contributed by atoms with E-state index >= 15 is 0 Å². The van der Waals surface area contributed by atoms with E-state index in [-0.39, 0.29) is 25.1 Å². The van der Waals surface area contributed by atoms with E-state index in [9.17, 15) is 5.11 Å². The Morgan fingerprint density at radius 1 is 1.35 bits per heavy atom. The maximum atomic E-state index is 9.52. The van der Waals surface area contributed by atoms with Crippen molar-refractivity contribution in [3.05, 3.63) is 34.9 Å². The monoisotopic (exact) mass is 276 g/mol. The SMILES string of the molecule is Cl.OC[C@H](c1cccc(Cl)c1)N1CCNCC1. The number of hydrogen-bond acceptors (Lipinski definition) is 3. The second-order valence-corrected chi connectivity index (χ2v) is 4.48. The number of rotatable bonds is 3. The van der Waals surface area contributed by atoms with E-state index in [1.54, 1.807) is 0 Å². The van der Waals surface area contributed by atoms with E-state index in [1.165, 1.54) is 0 Å². The predicted molar refractivity (Wildman–Crippen MR) is 73.0 cm³/mol. The van der Waals surface area contributed by atoms with Gasteiger partial charge >= 0.3 is 0 Å². The van der Waals surface area contributed by atoms with Gasteiger partial charge in [0, 0.05) is 31.2 Å². The Morgan fingerprint density at radius 2 is 2.06 bits per heavy atom. The first-order valence-corrected chi connectivity index (χ1v) is 6.00. The van der Waals surface area contributed by atoms with Crippen molar-refractivity contribution in [3.63, 3.8) is 0 Å². The molecule has 1 atom stereocenters. The Morgan fingerprint density at radius 3 is 2.65 bits per heavy atom. The van der Waals surface area contributed by atoms with E-state index in [0.717, 1.165) is 36.8 Å². The molecule has 2 N–H and O–H groups in total. The summed E-state index contributed by atoms with van der Waals surface area (Å²) in [7, 11) is 0. The molecule has 1 aliphatic rings. The van der Waals surface area contributed by atoms with Gasteiger partial charge in [0.25, 0.3) is 0 Å². The van der Waals surface area contributed by atoms with Crippen LogP contribution in [0.1, 0.15) is 11.6 Å². The van der Waals surface area contributed by atoms with Gasteiger partial charge in [0.15, 0.2) is 0 Å². The van der Waals surface area contributed by atoms with Gasteiger partial charge in [0.05, 0.1) is 12.6 Å². The van der Waals surface area contributed by atoms with E-state index in [0.29, 0.717) is 0 Å². The van der Waals surface area contributed by atoms with Gasteiger partial charge in [0.2, 0.25) is 0 Å². The number of nitrogens with one attached hydrogen (secondary N) is 1. The first-order valence-electron chi connectivity index (χ1n) is 5.62. The van der Waals surface area contributed by atoms with Crippen LogP contribution in [0.4, 0.5) is 0 Å². The summed E-state index contributed by atoms with van der Waals surface area (Å²) in [4.78, 5) is 2.29. The fourth-order valence-corrected chi connectivity index (χ4v) is 2.34. The summed E-state index contributed by atoms with van der Waals surface area (Å²) in [6, 6.07) is 7.82. The third-order valence-electron chi connectivity index (χ3n) is 3.00. The van der Waals surface area contributed by atoms with Crippen LogP contribution < -0.4 is 5.32 Å². The predicted octanol–water partition coefficient (Wildman–Crippen LogP) is 1.70. The van der Waals surface area contributed by atoms with E-state index in [2.05, 4.69) is 10.2 Å². The van der Waals surface area contributed by atoms with Crippen molar-refractivity contribution < 1.29 is 5.11 Å². The van der Waals surface area contributed by atoms with Gasteiger partial charge in [-0.25, -0.2) is 0 Å². The number of benzene rings is 1. The maximum absolute atomic E-state index is 9.52. The van der Waals surface area contributed by atoms with Gasteiger partial charge in [-0.05, 0) is 17.7 Å². The second-order valence-electron chi connectivity index (χ2n) is 4.04. The van der Waals surface area contributed by atoms with Crippen molar-refractivity contribution >= 4 is 24.0 Å². The Kier molecular flexibility index (Phi) is 6.23. The van der Waals surface area contributed by atoms with E-state index in [1.807, 2.05) is 24.3 Å². The number of aliphatic hydroxyl groups excluding tert-OH is 1. The number of nitrogens with zero attached hydrogens (tertiary/aromatic N) is 1. The van der Waals surface area contributed by atoms with Crippen LogP contribution >= 0.6 is 24.0 Å². The van der Waals surface area contributed by atoms with Crippen molar-refractivity contribution in [2.75, 3.05) is 32.8 Å². The van der Waals surface area contributed by atoms with Crippen LogP contribution in [0.25, 0.3) is 0 Å². The second kappa shape index (κ2) is 7.19. The Bertz CT molecular complexity index is 343. The molecule has 0 saturated carbocycles. The largest absolute Gasteiger partial charge is 0.394 e. The van der Waals surface area contributed by atoms with Crippen LogP contribution in [-0.4, -0.2) is 42.8 Å². The fraction of sp³-hybridized carbons (Fsp3) is 0.500. The first-order chi connectivity index (χ1) is 7.81. The van der Waals surface area contributed by atoms with Gasteiger partial charge in [-0.15, -0.1) is 12.4 Å². The Balaban J connectivity index is 0.00000144. The molecule has 96 valence electrons. The molecule has 0 bridgehead atoms. The lowest BCUT2D eigenvalue weighted by atomic mass is 10.1. The maximum Gasteiger partial charge on any atom is 0.0628 e. The number of hydrogen-bond donors (Lipinski definition) is 2. The molecular formula is C12H18Cl2N2O.